The third-order valence-electron chi connectivity index (χ3n) is 4.78. The van der Waals surface area contributed by atoms with Gasteiger partial charge in [0.2, 0.25) is 0 Å². The Morgan fingerprint density at radius 3 is 1.78 bits per heavy atom. The summed E-state index contributed by atoms with van der Waals surface area (Å²) in [6.45, 7) is 0.195. The Labute approximate surface area is 156 Å². The summed E-state index contributed by atoms with van der Waals surface area (Å²) in [6, 6.07) is 12.7. The van der Waals surface area contributed by atoms with Crippen LogP contribution in [0.2, 0.25) is 0 Å². The Bertz CT molecular complexity index is 1040. The van der Waals surface area contributed by atoms with Crippen LogP contribution in [0.4, 0.5) is 0 Å². The van der Waals surface area contributed by atoms with Crippen LogP contribution in [0.5, 0.6) is 0 Å². The Morgan fingerprint density at radius 2 is 1.19 bits per heavy atom. The summed E-state index contributed by atoms with van der Waals surface area (Å²) in [5.41, 5.74) is 0.948. The summed E-state index contributed by atoms with van der Waals surface area (Å²) in [5.74, 6) is -1.22. The van der Waals surface area contributed by atoms with Crippen molar-refractivity contribution in [2.45, 2.75) is 17.7 Å². The molecule has 2 aliphatic heterocycles. The first-order chi connectivity index (χ1) is 12.9. The van der Waals surface area contributed by atoms with Crippen molar-refractivity contribution in [1.82, 2.24) is 9.21 Å². The highest BCUT2D eigenvalue weighted by atomic mass is 32.2. The number of amides is 3. The fourth-order valence-corrected chi connectivity index (χ4v) is 5.03. The highest BCUT2D eigenvalue weighted by molar-refractivity contribution is 7.90. The van der Waals surface area contributed by atoms with E-state index in [1.807, 2.05) is 0 Å². The zero-order valence-electron chi connectivity index (χ0n) is 14.3. The van der Waals surface area contributed by atoms with Crippen LogP contribution in [0.1, 0.15) is 43.9 Å². The topological polar surface area (TPSA) is 91.8 Å². The third-order valence-corrected chi connectivity index (χ3v) is 6.62. The molecular weight excluding hydrogens is 368 g/mol. The second-order valence-corrected chi connectivity index (χ2v) is 8.22. The molecule has 2 aromatic carbocycles. The molecule has 0 aliphatic carbocycles. The van der Waals surface area contributed by atoms with Crippen molar-refractivity contribution in [2.75, 3.05) is 13.1 Å². The van der Waals surface area contributed by atoms with E-state index in [0.717, 1.165) is 4.31 Å². The molecular formula is C19H16N2O5S. The van der Waals surface area contributed by atoms with Gasteiger partial charge in [0.05, 0.1) is 16.7 Å². The van der Waals surface area contributed by atoms with E-state index < -0.39 is 15.9 Å². The lowest BCUT2D eigenvalue weighted by Crippen LogP contribution is -2.33. The van der Waals surface area contributed by atoms with Gasteiger partial charge in [-0.3, -0.25) is 19.3 Å². The SMILES string of the molecule is O=C1c2ccccc2C(=O)N1CCCCN1C(=O)c2ccccc2S1(=O)=O. The number of hydrogen-bond donors (Lipinski definition) is 0. The Hall–Kier alpha value is -3.00. The number of benzene rings is 2. The molecule has 0 atom stereocenters. The van der Waals surface area contributed by atoms with Gasteiger partial charge in [-0.05, 0) is 37.1 Å². The lowest BCUT2D eigenvalue weighted by molar-refractivity contribution is 0.0648. The predicted molar refractivity (Wildman–Crippen MR) is 95.7 cm³/mol. The van der Waals surface area contributed by atoms with Gasteiger partial charge in [-0.25, -0.2) is 12.7 Å². The number of rotatable bonds is 5. The van der Waals surface area contributed by atoms with Gasteiger partial charge < -0.3 is 0 Å². The second-order valence-electron chi connectivity index (χ2n) is 6.39. The van der Waals surface area contributed by atoms with Crippen molar-refractivity contribution in [3.05, 3.63) is 65.2 Å². The monoisotopic (exact) mass is 384 g/mol. The molecule has 0 unspecified atom stereocenters. The fourth-order valence-electron chi connectivity index (χ4n) is 3.42. The zero-order valence-corrected chi connectivity index (χ0v) is 15.1. The Kier molecular flexibility index (Phi) is 4.07. The first-order valence-electron chi connectivity index (χ1n) is 8.54. The molecule has 2 aromatic rings. The molecule has 7 nitrogen and oxygen atoms in total. The summed E-state index contributed by atoms with van der Waals surface area (Å²) in [6.07, 6.45) is 0.757. The summed E-state index contributed by atoms with van der Waals surface area (Å²) in [7, 11) is -3.82. The summed E-state index contributed by atoms with van der Waals surface area (Å²) >= 11 is 0. The van der Waals surface area contributed by atoms with E-state index in [0.29, 0.717) is 24.0 Å². The minimum absolute atomic E-state index is 0.0129. The zero-order chi connectivity index (χ0) is 19.2. The van der Waals surface area contributed by atoms with E-state index in [9.17, 15) is 22.8 Å². The van der Waals surface area contributed by atoms with Gasteiger partial charge >= 0.3 is 0 Å². The maximum Gasteiger partial charge on any atom is 0.269 e. The first-order valence-corrected chi connectivity index (χ1v) is 9.98. The molecule has 2 aliphatic rings. The van der Waals surface area contributed by atoms with Gasteiger partial charge in [-0.1, -0.05) is 24.3 Å². The number of sulfonamides is 1. The van der Waals surface area contributed by atoms with E-state index in [1.54, 1.807) is 36.4 Å². The molecule has 4 rings (SSSR count). The molecule has 0 bridgehead atoms. The van der Waals surface area contributed by atoms with Gasteiger partial charge in [0, 0.05) is 13.1 Å². The van der Waals surface area contributed by atoms with Crippen molar-refractivity contribution in [3.8, 4) is 0 Å². The smallest absolute Gasteiger partial charge is 0.269 e. The van der Waals surface area contributed by atoms with Crippen LogP contribution in [0.25, 0.3) is 0 Å². The Balaban J connectivity index is 1.39. The lowest BCUT2D eigenvalue weighted by atomic mass is 10.1. The highest BCUT2D eigenvalue weighted by Gasteiger charge is 2.40. The summed E-state index contributed by atoms with van der Waals surface area (Å²) < 4.78 is 25.8. The number of hydrogen-bond acceptors (Lipinski definition) is 5. The average molecular weight is 384 g/mol. The maximum absolute atomic E-state index is 12.5. The minimum Gasteiger partial charge on any atom is -0.274 e. The number of fused-ring (bicyclic) bond motifs is 2. The Morgan fingerprint density at radius 1 is 0.667 bits per heavy atom. The largest absolute Gasteiger partial charge is 0.274 e. The van der Waals surface area contributed by atoms with Gasteiger partial charge in [0.15, 0.2) is 0 Å². The number of carbonyl (C=O) groups is 3. The van der Waals surface area contributed by atoms with Crippen molar-refractivity contribution in [3.63, 3.8) is 0 Å². The van der Waals surface area contributed by atoms with Crippen LogP contribution in [0, 0.1) is 0 Å². The summed E-state index contributed by atoms with van der Waals surface area (Å²) in [5, 5.41) is 0. The van der Waals surface area contributed by atoms with Crippen LogP contribution >= 0.6 is 0 Å². The highest BCUT2D eigenvalue weighted by Crippen LogP contribution is 2.30. The van der Waals surface area contributed by atoms with E-state index in [4.69, 9.17) is 0 Å². The van der Waals surface area contributed by atoms with Crippen molar-refractivity contribution in [1.29, 1.82) is 0 Å². The van der Waals surface area contributed by atoms with Crippen LogP contribution in [-0.4, -0.2) is 48.4 Å². The second kappa shape index (κ2) is 6.31. The van der Waals surface area contributed by atoms with Crippen LogP contribution in [-0.2, 0) is 10.0 Å². The molecule has 27 heavy (non-hydrogen) atoms. The lowest BCUT2D eigenvalue weighted by Gasteiger charge is -2.17. The molecule has 138 valence electrons. The van der Waals surface area contributed by atoms with Gasteiger partial charge in [0.25, 0.3) is 27.7 Å². The number of unbranched alkanes of at least 4 members (excludes halogenated alkanes) is 1. The molecule has 0 spiro atoms. The molecule has 0 N–H and O–H groups in total. The van der Waals surface area contributed by atoms with Crippen LogP contribution in [0.15, 0.2) is 53.4 Å². The molecule has 8 heteroatoms. The number of imide groups is 1. The minimum atomic E-state index is -3.82. The molecule has 0 fully saturated rings. The fraction of sp³-hybridized carbons (Fsp3) is 0.211. The van der Waals surface area contributed by atoms with E-state index in [1.165, 1.54) is 17.0 Å². The number of nitrogens with zero attached hydrogens (tertiary/aromatic N) is 2. The van der Waals surface area contributed by atoms with E-state index in [-0.39, 0.29) is 35.4 Å². The van der Waals surface area contributed by atoms with Gasteiger partial charge in [-0.15, -0.1) is 0 Å². The predicted octanol–water partition coefficient (Wildman–Crippen LogP) is 1.91. The standard InChI is InChI=1S/C19H16N2O5S/c22-17-13-7-1-2-8-14(13)18(23)20(17)11-5-6-12-21-19(24)15-9-3-4-10-16(15)27(21,25)26/h1-4,7-10H,5-6,11-12H2. The third kappa shape index (κ3) is 2.64. The molecule has 0 radical (unpaired) electrons. The van der Waals surface area contributed by atoms with Crippen molar-refractivity contribution < 1.29 is 22.8 Å². The molecule has 0 saturated heterocycles. The van der Waals surface area contributed by atoms with Crippen molar-refractivity contribution in [2.24, 2.45) is 0 Å². The quantitative estimate of drug-likeness (QED) is 0.580. The number of carbonyl (C=O) groups excluding carboxylic acids is 3. The van der Waals surface area contributed by atoms with Crippen molar-refractivity contribution >= 4 is 27.7 Å². The molecule has 0 aromatic heterocycles. The molecule has 3 amide bonds. The van der Waals surface area contributed by atoms with Crippen LogP contribution in [0.3, 0.4) is 0 Å². The van der Waals surface area contributed by atoms with Gasteiger partial charge in [-0.2, -0.15) is 0 Å². The maximum atomic E-state index is 12.5. The normalized spacial score (nSPS) is 17.4. The first kappa shape index (κ1) is 17.4. The van der Waals surface area contributed by atoms with Crippen LogP contribution < -0.4 is 0 Å². The molecule has 0 saturated carbocycles. The molecule has 2 heterocycles. The summed E-state index contributed by atoms with van der Waals surface area (Å²) in [4.78, 5) is 38.1. The van der Waals surface area contributed by atoms with E-state index >= 15 is 0 Å². The van der Waals surface area contributed by atoms with Gasteiger partial charge in [0.1, 0.15) is 4.90 Å². The van der Waals surface area contributed by atoms with E-state index in [2.05, 4.69) is 0 Å². The average Bonchev–Trinajstić information content (AvgIpc) is 3.03.